The molecule has 0 heterocycles. The van der Waals surface area contributed by atoms with E-state index in [4.69, 9.17) is 0 Å². The predicted molar refractivity (Wildman–Crippen MR) is 118 cm³/mol. The fraction of sp³-hybridized carbons (Fsp3) is 0.185. The standard InChI is InChI=1S/C27H20F6/c1-2-3-4-16-5-7-17(8-6-16)18-9-11-21-19(13-18)10-12-22(26(21)30)20-14-23(28)25(24(29)15-20)27(31,32)33/h5-15H,2-4H2,1H3. The second kappa shape index (κ2) is 8.93. The topological polar surface area (TPSA) is 0 Å². The minimum absolute atomic E-state index is 0.179. The molecule has 0 radical (unpaired) electrons. The summed E-state index contributed by atoms with van der Waals surface area (Å²) < 4.78 is 81.7. The number of unbranched alkanes of at least 4 members (excludes halogenated alkanes) is 1. The smallest absolute Gasteiger partial charge is 0.206 e. The molecule has 0 aliphatic heterocycles. The van der Waals surface area contributed by atoms with Crippen molar-refractivity contribution in [3.8, 4) is 22.3 Å². The van der Waals surface area contributed by atoms with Crippen molar-refractivity contribution in [3.63, 3.8) is 0 Å². The van der Waals surface area contributed by atoms with Gasteiger partial charge in [0.15, 0.2) is 0 Å². The average Bonchev–Trinajstić information content (AvgIpc) is 2.76. The third kappa shape index (κ3) is 4.61. The van der Waals surface area contributed by atoms with Crippen LogP contribution in [0.4, 0.5) is 26.3 Å². The molecular formula is C27H20F6. The third-order valence-electron chi connectivity index (χ3n) is 5.70. The van der Waals surface area contributed by atoms with E-state index in [1.165, 1.54) is 11.6 Å². The summed E-state index contributed by atoms with van der Waals surface area (Å²) in [6.07, 6.45) is -1.94. The summed E-state index contributed by atoms with van der Waals surface area (Å²) in [4.78, 5) is 0. The number of rotatable bonds is 5. The van der Waals surface area contributed by atoms with Crippen molar-refractivity contribution in [1.29, 1.82) is 0 Å². The molecule has 0 N–H and O–H groups in total. The molecule has 0 bridgehead atoms. The normalized spacial score (nSPS) is 11.8. The molecule has 0 aliphatic rings. The largest absolute Gasteiger partial charge is 0.422 e. The molecule has 0 nitrogen and oxygen atoms in total. The highest BCUT2D eigenvalue weighted by Gasteiger charge is 2.38. The Bertz CT molecular complexity index is 1280. The van der Waals surface area contributed by atoms with Crippen LogP contribution in [0.5, 0.6) is 0 Å². The first kappa shape index (κ1) is 22.9. The van der Waals surface area contributed by atoms with Gasteiger partial charge in [-0.1, -0.05) is 61.9 Å². The van der Waals surface area contributed by atoms with Crippen molar-refractivity contribution >= 4 is 10.8 Å². The van der Waals surface area contributed by atoms with Gasteiger partial charge in [0.25, 0.3) is 0 Å². The van der Waals surface area contributed by atoms with Gasteiger partial charge in [-0.25, -0.2) is 13.2 Å². The summed E-state index contributed by atoms with van der Waals surface area (Å²) in [7, 11) is 0. The van der Waals surface area contributed by atoms with Gasteiger partial charge < -0.3 is 0 Å². The van der Waals surface area contributed by atoms with Gasteiger partial charge in [0, 0.05) is 10.9 Å². The SMILES string of the molecule is CCCCc1ccc(-c2ccc3c(F)c(-c4cc(F)c(C(F)(F)F)c(F)c4)ccc3c2)cc1. The lowest BCUT2D eigenvalue weighted by atomic mass is 9.95. The van der Waals surface area contributed by atoms with E-state index < -0.39 is 29.2 Å². The van der Waals surface area contributed by atoms with E-state index in [0.29, 0.717) is 17.5 Å². The van der Waals surface area contributed by atoms with Crippen molar-refractivity contribution in [2.24, 2.45) is 0 Å². The number of hydrogen-bond donors (Lipinski definition) is 0. The van der Waals surface area contributed by atoms with Crippen molar-refractivity contribution in [1.82, 2.24) is 0 Å². The number of benzene rings is 4. The van der Waals surface area contributed by atoms with E-state index in [0.717, 1.165) is 30.4 Å². The fourth-order valence-electron chi connectivity index (χ4n) is 3.94. The number of halogens is 6. The maximum absolute atomic E-state index is 15.2. The van der Waals surface area contributed by atoms with Gasteiger partial charge in [-0.2, -0.15) is 13.2 Å². The Kier molecular flexibility index (Phi) is 6.19. The van der Waals surface area contributed by atoms with Crippen molar-refractivity contribution in [2.75, 3.05) is 0 Å². The van der Waals surface area contributed by atoms with Crippen molar-refractivity contribution < 1.29 is 26.3 Å². The quantitative estimate of drug-likeness (QED) is 0.262. The molecule has 170 valence electrons. The lowest BCUT2D eigenvalue weighted by Gasteiger charge is -2.13. The van der Waals surface area contributed by atoms with E-state index >= 15 is 4.39 Å². The van der Waals surface area contributed by atoms with Crippen LogP contribution in [0, 0.1) is 17.5 Å². The van der Waals surface area contributed by atoms with E-state index in [1.54, 1.807) is 24.3 Å². The van der Waals surface area contributed by atoms with Crippen LogP contribution in [0.15, 0.2) is 66.7 Å². The Labute approximate surface area is 187 Å². The zero-order chi connectivity index (χ0) is 23.8. The van der Waals surface area contributed by atoms with E-state index in [1.807, 2.05) is 12.1 Å². The molecule has 4 aromatic rings. The summed E-state index contributed by atoms with van der Waals surface area (Å²) in [5.74, 6) is -4.32. The molecule has 33 heavy (non-hydrogen) atoms. The van der Waals surface area contributed by atoms with Crippen LogP contribution < -0.4 is 0 Å². The van der Waals surface area contributed by atoms with Crippen LogP contribution in [0.3, 0.4) is 0 Å². The number of aryl methyl sites for hydroxylation is 1. The van der Waals surface area contributed by atoms with Crippen LogP contribution in [-0.2, 0) is 12.6 Å². The number of hydrogen-bond acceptors (Lipinski definition) is 0. The summed E-state index contributed by atoms with van der Waals surface area (Å²) in [5, 5.41) is 0.771. The molecular weight excluding hydrogens is 438 g/mol. The minimum atomic E-state index is -5.18. The first-order valence-electron chi connectivity index (χ1n) is 10.6. The Morgan fingerprint density at radius 1 is 0.697 bits per heavy atom. The lowest BCUT2D eigenvalue weighted by Crippen LogP contribution is -2.11. The van der Waals surface area contributed by atoms with Crippen molar-refractivity contribution in [3.05, 3.63) is 95.3 Å². The highest BCUT2D eigenvalue weighted by atomic mass is 19.4. The Morgan fingerprint density at radius 3 is 1.94 bits per heavy atom. The van der Waals surface area contributed by atoms with Gasteiger partial charge in [0.1, 0.15) is 23.0 Å². The van der Waals surface area contributed by atoms with E-state index in [-0.39, 0.29) is 16.5 Å². The van der Waals surface area contributed by atoms with Crippen LogP contribution in [0.1, 0.15) is 30.9 Å². The summed E-state index contributed by atoms with van der Waals surface area (Å²) in [5.41, 5.74) is 0.619. The van der Waals surface area contributed by atoms with Gasteiger partial charge in [-0.05, 0) is 58.7 Å². The van der Waals surface area contributed by atoms with Crippen LogP contribution in [-0.4, -0.2) is 0 Å². The molecule has 0 saturated carbocycles. The molecule has 0 spiro atoms. The summed E-state index contributed by atoms with van der Waals surface area (Å²) in [6, 6.07) is 17.1. The molecule has 0 atom stereocenters. The molecule has 4 rings (SSSR count). The van der Waals surface area contributed by atoms with Crippen LogP contribution in [0.25, 0.3) is 33.0 Å². The third-order valence-corrected chi connectivity index (χ3v) is 5.70. The highest BCUT2D eigenvalue weighted by Crippen LogP contribution is 2.37. The average molecular weight is 458 g/mol. The van der Waals surface area contributed by atoms with Gasteiger partial charge >= 0.3 is 6.18 Å². The first-order valence-corrected chi connectivity index (χ1v) is 10.6. The Balaban J connectivity index is 1.71. The Morgan fingerprint density at radius 2 is 1.33 bits per heavy atom. The molecule has 0 amide bonds. The predicted octanol–water partition coefficient (Wildman–Crippen LogP) is 8.95. The molecule has 0 fully saturated rings. The first-order chi connectivity index (χ1) is 15.7. The fourth-order valence-corrected chi connectivity index (χ4v) is 3.94. The molecule has 6 heteroatoms. The second-order valence-corrected chi connectivity index (χ2v) is 7.98. The molecule has 4 aromatic carbocycles. The van der Waals surface area contributed by atoms with Crippen LogP contribution in [0.2, 0.25) is 0 Å². The summed E-state index contributed by atoms with van der Waals surface area (Å²) >= 11 is 0. The van der Waals surface area contributed by atoms with Gasteiger partial charge in [0.2, 0.25) is 0 Å². The zero-order valence-corrected chi connectivity index (χ0v) is 17.7. The van der Waals surface area contributed by atoms with E-state index in [2.05, 4.69) is 19.1 Å². The van der Waals surface area contributed by atoms with E-state index in [9.17, 15) is 22.0 Å². The molecule has 0 saturated heterocycles. The number of alkyl halides is 3. The van der Waals surface area contributed by atoms with Gasteiger partial charge in [-0.15, -0.1) is 0 Å². The number of fused-ring (bicyclic) bond motifs is 1. The van der Waals surface area contributed by atoms with Gasteiger partial charge in [-0.3, -0.25) is 0 Å². The highest BCUT2D eigenvalue weighted by molar-refractivity contribution is 5.91. The van der Waals surface area contributed by atoms with Crippen molar-refractivity contribution in [2.45, 2.75) is 32.4 Å². The second-order valence-electron chi connectivity index (χ2n) is 7.98. The molecule has 0 aliphatic carbocycles. The van der Waals surface area contributed by atoms with Gasteiger partial charge in [0.05, 0.1) is 0 Å². The monoisotopic (exact) mass is 458 g/mol. The summed E-state index contributed by atoms with van der Waals surface area (Å²) in [6.45, 7) is 2.14. The molecule has 0 unspecified atom stereocenters. The minimum Gasteiger partial charge on any atom is -0.206 e. The van der Waals surface area contributed by atoms with Crippen LogP contribution >= 0.6 is 0 Å². The lowest BCUT2D eigenvalue weighted by molar-refractivity contribution is -0.142. The Hall–Kier alpha value is -3.28. The molecule has 0 aromatic heterocycles. The maximum Gasteiger partial charge on any atom is 0.422 e. The maximum atomic E-state index is 15.2. The zero-order valence-electron chi connectivity index (χ0n) is 17.7.